The first-order chi connectivity index (χ1) is 10.8. The predicted molar refractivity (Wildman–Crippen MR) is 81.3 cm³/mol. The number of carbonyl (C=O) groups excluding carboxylic acids is 1. The van der Waals surface area contributed by atoms with Crippen molar-refractivity contribution >= 4 is 5.91 Å². The highest BCUT2D eigenvalue weighted by molar-refractivity contribution is 5.93. The number of carbonyl (C=O) groups is 1. The van der Waals surface area contributed by atoms with Gasteiger partial charge < -0.3 is 18.8 Å². The van der Waals surface area contributed by atoms with E-state index in [1.54, 1.807) is 13.2 Å². The number of amides is 1. The zero-order chi connectivity index (χ0) is 15.4. The van der Waals surface area contributed by atoms with Gasteiger partial charge in [-0.1, -0.05) is 0 Å². The number of nitrogens with zero attached hydrogens (tertiary/aromatic N) is 1. The Balaban J connectivity index is 1.52. The normalized spacial score (nSPS) is 15.6. The molecule has 3 rings (SSSR count). The van der Waals surface area contributed by atoms with Crippen LogP contribution in [0.25, 0.3) is 0 Å². The lowest BCUT2D eigenvalue weighted by atomic mass is 10.1. The molecular formula is C17H19NO4. The number of methoxy groups -OCH3 is 1. The first-order valence-electron chi connectivity index (χ1n) is 7.38. The summed E-state index contributed by atoms with van der Waals surface area (Å²) < 4.78 is 16.1. The van der Waals surface area contributed by atoms with E-state index in [4.69, 9.17) is 13.9 Å². The first kappa shape index (κ1) is 14.5. The Kier molecular flexibility index (Phi) is 4.32. The lowest BCUT2D eigenvalue weighted by Crippen LogP contribution is -2.41. The average Bonchev–Trinajstić information content (AvgIpc) is 3.10. The van der Waals surface area contributed by atoms with Gasteiger partial charge in [0, 0.05) is 25.9 Å². The van der Waals surface area contributed by atoms with Crippen LogP contribution >= 0.6 is 0 Å². The van der Waals surface area contributed by atoms with Gasteiger partial charge in [-0.3, -0.25) is 4.79 Å². The van der Waals surface area contributed by atoms with Crippen molar-refractivity contribution in [1.29, 1.82) is 0 Å². The lowest BCUT2D eigenvalue weighted by molar-refractivity contribution is 0.0595. The third-order valence-corrected chi connectivity index (χ3v) is 3.86. The second-order valence-corrected chi connectivity index (χ2v) is 5.30. The zero-order valence-corrected chi connectivity index (χ0v) is 12.5. The lowest BCUT2D eigenvalue weighted by Gasteiger charge is -2.32. The smallest absolute Gasteiger partial charge is 0.257 e. The van der Waals surface area contributed by atoms with Gasteiger partial charge in [-0.15, -0.1) is 0 Å². The molecule has 1 aromatic heterocycles. The average molecular weight is 301 g/mol. The minimum Gasteiger partial charge on any atom is -0.497 e. The topological polar surface area (TPSA) is 51.9 Å². The van der Waals surface area contributed by atoms with Crippen LogP contribution in [-0.4, -0.2) is 37.1 Å². The minimum atomic E-state index is 0.0247. The number of benzene rings is 1. The molecule has 0 N–H and O–H groups in total. The second kappa shape index (κ2) is 6.56. The molecule has 1 aliphatic rings. The zero-order valence-electron chi connectivity index (χ0n) is 12.5. The van der Waals surface area contributed by atoms with Crippen molar-refractivity contribution in [3.05, 3.63) is 48.4 Å². The Morgan fingerprint density at radius 1 is 1.14 bits per heavy atom. The molecule has 1 saturated heterocycles. The highest BCUT2D eigenvalue weighted by Crippen LogP contribution is 2.22. The van der Waals surface area contributed by atoms with Crippen molar-refractivity contribution in [3.8, 4) is 11.5 Å². The van der Waals surface area contributed by atoms with E-state index in [-0.39, 0.29) is 12.0 Å². The van der Waals surface area contributed by atoms with E-state index in [9.17, 15) is 4.79 Å². The molecule has 0 spiro atoms. The van der Waals surface area contributed by atoms with E-state index in [0.29, 0.717) is 18.7 Å². The van der Waals surface area contributed by atoms with Gasteiger partial charge >= 0.3 is 0 Å². The summed E-state index contributed by atoms with van der Waals surface area (Å²) in [6, 6.07) is 9.27. The molecule has 1 aromatic carbocycles. The maximum Gasteiger partial charge on any atom is 0.257 e. The van der Waals surface area contributed by atoms with E-state index in [2.05, 4.69) is 0 Å². The minimum absolute atomic E-state index is 0.0247. The van der Waals surface area contributed by atoms with Crippen LogP contribution in [0.4, 0.5) is 0 Å². The number of ether oxygens (including phenoxy) is 2. The van der Waals surface area contributed by atoms with Crippen LogP contribution in [0.3, 0.4) is 0 Å². The Morgan fingerprint density at radius 3 is 2.41 bits per heavy atom. The number of hydrogen-bond donors (Lipinski definition) is 0. The molecule has 0 aliphatic carbocycles. The SMILES string of the molecule is COc1ccc(OC2CCN(C(=O)c3ccoc3)CC2)cc1. The van der Waals surface area contributed by atoms with Crippen molar-refractivity contribution in [2.75, 3.05) is 20.2 Å². The molecule has 116 valence electrons. The van der Waals surface area contributed by atoms with Gasteiger partial charge in [-0.25, -0.2) is 0 Å². The molecule has 0 radical (unpaired) electrons. The number of hydrogen-bond acceptors (Lipinski definition) is 4. The van der Waals surface area contributed by atoms with Crippen molar-refractivity contribution in [1.82, 2.24) is 4.90 Å². The Labute approximate surface area is 129 Å². The van der Waals surface area contributed by atoms with Gasteiger partial charge in [0.05, 0.1) is 18.9 Å². The maximum atomic E-state index is 12.2. The number of piperidine rings is 1. The molecule has 0 saturated carbocycles. The first-order valence-corrected chi connectivity index (χ1v) is 7.38. The molecule has 5 heteroatoms. The van der Waals surface area contributed by atoms with E-state index in [0.717, 1.165) is 24.3 Å². The van der Waals surface area contributed by atoms with Gasteiger partial charge in [0.1, 0.15) is 23.9 Å². The molecule has 2 heterocycles. The van der Waals surface area contributed by atoms with Crippen molar-refractivity contribution in [3.63, 3.8) is 0 Å². The molecule has 5 nitrogen and oxygen atoms in total. The van der Waals surface area contributed by atoms with Gasteiger partial charge in [-0.05, 0) is 30.3 Å². The summed E-state index contributed by atoms with van der Waals surface area (Å²) in [6.07, 6.45) is 4.81. The number of furan rings is 1. The summed E-state index contributed by atoms with van der Waals surface area (Å²) in [5, 5.41) is 0. The van der Waals surface area contributed by atoms with Crippen molar-refractivity contribution in [2.45, 2.75) is 18.9 Å². The van der Waals surface area contributed by atoms with Crippen LogP contribution in [0.5, 0.6) is 11.5 Å². The number of rotatable bonds is 4. The standard InChI is InChI=1S/C17H19NO4/c1-20-14-2-4-15(5-3-14)22-16-6-9-18(10-7-16)17(19)13-8-11-21-12-13/h2-5,8,11-12,16H,6-7,9-10H2,1H3. The molecule has 1 aliphatic heterocycles. The van der Waals surface area contributed by atoms with E-state index >= 15 is 0 Å². The summed E-state index contributed by atoms with van der Waals surface area (Å²) >= 11 is 0. The van der Waals surface area contributed by atoms with Crippen LogP contribution < -0.4 is 9.47 Å². The molecule has 1 amide bonds. The third-order valence-electron chi connectivity index (χ3n) is 3.86. The largest absolute Gasteiger partial charge is 0.497 e. The fourth-order valence-corrected chi connectivity index (χ4v) is 2.59. The maximum absolute atomic E-state index is 12.2. The van der Waals surface area contributed by atoms with Crippen LogP contribution in [0, 0.1) is 0 Å². The summed E-state index contributed by atoms with van der Waals surface area (Å²) in [5.41, 5.74) is 0.606. The van der Waals surface area contributed by atoms with E-state index < -0.39 is 0 Å². The summed E-state index contributed by atoms with van der Waals surface area (Å²) in [6.45, 7) is 1.40. The number of likely N-dealkylation sites (tertiary alicyclic amines) is 1. The fourth-order valence-electron chi connectivity index (χ4n) is 2.59. The monoisotopic (exact) mass is 301 g/mol. The van der Waals surface area contributed by atoms with Crippen LogP contribution in [-0.2, 0) is 0 Å². The molecule has 0 unspecified atom stereocenters. The Morgan fingerprint density at radius 2 is 1.82 bits per heavy atom. The summed E-state index contributed by atoms with van der Waals surface area (Å²) in [4.78, 5) is 14.1. The molecular weight excluding hydrogens is 282 g/mol. The summed E-state index contributed by atoms with van der Waals surface area (Å²) in [7, 11) is 1.64. The predicted octanol–water partition coefficient (Wildman–Crippen LogP) is 2.97. The van der Waals surface area contributed by atoms with Gasteiger partial charge in [0.2, 0.25) is 0 Å². The fraction of sp³-hybridized carbons (Fsp3) is 0.353. The van der Waals surface area contributed by atoms with E-state index in [1.165, 1.54) is 12.5 Å². The quantitative estimate of drug-likeness (QED) is 0.871. The second-order valence-electron chi connectivity index (χ2n) is 5.30. The molecule has 0 bridgehead atoms. The van der Waals surface area contributed by atoms with Gasteiger partial charge in [0.15, 0.2) is 0 Å². The van der Waals surface area contributed by atoms with Gasteiger partial charge in [-0.2, -0.15) is 0 Å². The highest BCUT2D eigenvalue weighted by atomic mass is 16.5. The Bertz CT molecular complexity index is 598. The van der Waals surface area contributed by atoms with Gasteiger partial charge in [0.25, 0.3) is 5.91 Å². The highest BCUT2D eigenvalue weighted by Gasteiger charge is 2.25. The Hall–Kier alpha value is -2.43. The van der Waals surface area contributed by atoms with Crippen molar-refractivity contribution in [2.24, 2.45) is 0 Å². The van der Waals surface area contributed by atoms with Crippen LogP contribution in [0.2, 0.25) is 0 Å². The van der Waals surface area contributed by atoms with E-state index in [1.807, 2.05) is 29.2 Å². The van der Waals surface area contributed by atoms with Crippen LogP contribution in [0.15, 0.2) is 47.3 Å². The third kappa shape index (κ3) is 3.24. The molecule has 2 aromatic rings. The molecule has 22 heavy (non-hydrogen) atoms. The summed E-state index contributed by atoms with van der Waals surface area (Å²) in [5.74, 6) is 1.67. The molecule has 0 atom stereocenters. The van der Waals surface area contributed by atoms with Crippen LogP contribution in [0.1, 0.15) is 23.2 Å². The van der Waals surface area contributed by atoms with Crippen molar-refractivity contribution < 1.29 is 18.7 Å². The molecule has 1 fully saturated rings.